The Hall–Kier alpha value is -2.68. The zero-order valence-electron chi connectivity index (χ0n) is 17.7. The van der Waals surface area contributed by atoms with Crippen molar-refractivity contribution in [2.24, 2.45) is 10.9 Å². The average molecular weight is 417 g/mol. The lowest BCUT2D eigenvalue weighted by Gasteiger charge is -2.41. The van der Waals surface area contributed by atoms with Crippen molar-refractivity contribution >= 4 is 17.9 Å². The minimum absolute atomic E-state index is 0.220. The monoisotopic (exact) mass is 416 g/mol. The van der Waals surface area contributed by atoms with Gasteiger partial charge in [0.2, 0.25) is 0 Å². The topological polar surface area (TPSA) is 71.5 Å². The highest BCUT2D eigenvalue weighted by atomic mass is 19.1. The Morgan fingerprint density at radius 3 is 2.43 bits per heavy atom. The number of fused-ring (bicyclic) bond motifs is 1. The summed E-state index contributed by atoms with van der Waals surface area (Å²) < 4.78 is 13.1. The summed E-state index contributed by atoms with van der Waals surface area (Å²) >= 11 is 0. The summed E-state index contributed by atoms with van der Waals surface area (Å²) in [6, 6.07) is 5.75. The van der Waals surface area contributed by atoms with Crippen molar-refractivity contribution < 1.29 is 14.0 Å². The van der Waals surface area contributed by atoms with Crippen LogP contribution in [0.3, 0.4) is 0 Å². The van der Waals surface area contributed by atoms with Crippen molar-refractivity contribution in [2.45, 2.75) is 32.6 Å². The highest BCUT2D eigenvalue weighted by Crippen LogP contribution is 2.27. The number of imide groups is 1. The molecule has 0 bridgehead atoms. The molecule has 1 N–H and O–H groups in total. The largest absolute Gasteiger partial charge is 0.340 e. The van der Waals surface area contributed by atoms with Crippen molar-refractivity contribution in [3.05, 3.63) is 35.6 Å². The molecule has 30 heavy (non-hydrogen) atoms. The number of rotatable bonds is 4. The fraction of sp³-hybridized carbons (Fsp3) is 0.571. The van der Waals surface area contributed by atoms with E-state index in [-0.39, 0.29) is 11.7 Å². The first-order valence-corrected chi connectivity index (χ1v) is 10.5. The maximum atomic E-state index is 13.1. The lowest BCUT2D eigenvalue weighted by atomic mass is 10.1. The van der Waals surface area contributed by atoms with Crippen LogP contribution in [0.4, 0.5) is 9.18 Å². The van der Waals surface area contributed by atoms with Crippen LogP contribution in [-0.2, 0) is 11.3 Å². The normalized spacial score (nSPS) is 25.0. The molecule has 0 spiro atoms. The molecule has 1 aromatic carbocycles. The maximum absolute atomic E-state index is 13.1. The van der Waals surface area contributed by atoms with Crippen LogP contribution >= 0.6 is 0 Å². The quantitative estimate of drug-likeness (QED) is 0.797. The third-order valence-corrected chi connectivity index (χ3v) is 5.88. The van der Waals surface area contributed by atoms with Gasteiger partial charge in [-0.1, -0.05) is 26.0 Å². The third kappa shape index (κ3) is 3.98. The van der Waals surface area contributed by atoms with Gasteiger partial charge >= 0.3 is 6.03 Å². The molecule has 3 aliphatic rings. The third-order valence-electron chi connectivity index (χ3n) is 5.88. The number of likely N-dealkylation sites (N-methyl/N-ethyl adjacent to an activating group) is 1. The second kappa shape index (κ2) is 8.22. The second-order valence-electron chi connectivity index (χ2n) is 8.63. The Balaban J connectivity index is 1.46. The van der Waals surface area contributed by atoms with E-state index < -0.39 is 18.2 Å². The predicted octanol–water partition coefficient (Wildman–Crippen LogP) is 1.15. The van der Waals surface area contributed by atoms with Crippen molar-refractivity contribution in [3.8, 4) is 0 Å². The number of urea groups is 1. The van der Waals surface area contributed by atoms with E-state index >= 15 is 0 Å². The lowest BCUT2D eigenvalue weighted by molar-refractivity contribution is -0.127. The molecule has 3 amide bonds. The zero-order chi connectivity index (χ0) is 21.4. The van der Waals surface area contributed by atoms with E-state index in [1.165, 1.54) is 17.0 Å². The lowest BCUT2D eigenvalue weighted by Crippen LogP contribution is -2.65. The Bertz CT molecular complexity index is 834. The number of hydrogen-bond donors (Lipinski definition) is 1. The second-order valence-corrected chi connectivity index (χ2v) is 8.63. The molecular formula is C21H29FN6O2. The molecule has 4 rings (SSSR count). The van der Waals surface area contributed by atoms with Gasteiger partial charge in [0.25, 0.3) is 5.91 Å². The first kappa shape index (κ1) is 20.6. The SMILES string of the molecule is CC(C)CN1C(N2CCN(Cc3ccc(F)cc3)CC2)=NC2C1C(=O)NC(=O)N2C. The van der Waals surface area contributed by atoms with Crippen LogP contribution < -0.4 is 5.32 Å². The van der Waals surface area contributed by atoms with E-state index in [0.717, 1.165) is 44.2 Å². The fourth-order valence-corrected chi connectivity index (χ4v) is 4.32. The first-order valence-electron chi connectivity index (χ1n) is 10.5. The molecule has 0 aromatic heterocycles. The van der Waals surface area contributed by atoms with Gasteiger partial charge in [-0.15, -0.1) is 0 Å². The van der Waals surface area contributed by atoms with Crippen LogP contribution in [0.15, 0.2) is 29.3 Å². The molecule has 8 nitrogen and oxygen atoms in total. The van der Waals surface area contributed by atoms with Crippen molar-refractivity contribution in [2.75, 3.05) is 39.8 Å². The van der Waals surface area contributed by atoms with Crippen LogP contribution in [0.2, 0.25) is 0 Å². The highest BCUT2D eigenvalue weighted by molar-refractivity contribution is 6.03. The summed E-state index contributed by atoms with van der Waals surface area (Å²) in [4.78, 5) is 37.6. The molecule has 3 aliphatic heterocycles. The van der Waals surface area contributed by atoms with E-state index in [1.54, 1.807) is 7.05 Å². The molecule has 2 atom stereocenters. The summed E-state index contributed by atoms with van der Waals surface area (Å²) in [6.07, 6.45) is -0.489. The Kier molecular flexibility index (Phi) is 5.64. The molecule has 0 aliphatic carbocycles. The molecule has 3 heterocycles. The number of hydrogen-bond acceptors (Lipinski definition) is 6. The zero-order valence-corrected chi connectivity index (χ0v) is 17.7. The van der Waals surface area contributed by atoms with E-state index in [9.17, 15) is 14.0 Å². The maximum Gasteiger partial charge on any atom is 0.325 e. The van der Waals surface area contributed by atoms with Gasteiger partial charge in [0.05, 0.1) is 0 Å². The molecule has 162 valence electrons. The van der Waals surface area contributed by atoms with Crippen molar-refractivity contribution in [3.63, 3.8) is 0 Å². The summed E-state index contributed by atoms with van der Waals surface area (Å²) in [6.45, 7) is 8.97. The van der Waals surface area contributed by atoms with Gasteiger partial charge in [0.1, 0.15) is 5.82 Å². The first-order chi connectivity index (χ1) is 14.3. The smallest absolute Gasteiger partial charge is 0.325 e. The molecule has 0 radical (unpaired) electrons. The Morgan fingerprint density at radius 2 is 1.80 bits per heavy atom. The number of carbonyl (C=O) groups excluding carboxylic acids is 2. The number of carbonyl (C=O) groups is 2. The van der Waals surface area contributed by atoms with E-state index in [2.05, 4.69) is 33.9 Å². The number of halogens is 1. The minimum atomic E-state index is -0.489. The van der Waals surface area contributed by atoms with Gasteiger partial charge in [-0.3, -0.25) is 15.0 Å². The van der Waals surface area contributed by atoms with Gasteiger partial charge < -0.3 is 14.7 Å². The summed E-state index contributed by atoms with van der Waals surface area (Å²) in [5, 5.41) is 2.45. The number of guanidine groups is 1. The van der Waals surface area contributed by atoms with E-state index in [4.69, 9.17) is 4.99 Å². The van der Waals surface area contributed by atoms with Crippen LogP contribution in [0.25, 0.3) is 0 Å². The van der Waals surface area contributed by atoms with Crippen LogP contribution in [0, 0.1) is 11.7 Å². The van der Waals surface area contributed by atoms with Gasteiger partial charge in [-0.25, -0.2) is 14.2 Å². The molecule has 9 heteroatoms. The number of nitrogens with zero attached hydrogens (tertiary/aromatic N) is 5. The fourth-order valence-electron chi connectivity index (χ4n) is 4.32. The van der Waals surface area contributed by atoms with Crippen molar-refractivity contribution in [1.29, 1.82) is 0 Å². The standard InChI is InChI=1S/C21H29FN6O2/c1-14(2)12-28-17-18(25(3)21(30)24-19(17)29)23-20(28)27-10-8-26(9-11-27)13-15-4-6-16(22)7-5-15/h4-7,14,17-18H,8-13H2,1-3H3,(H,24,29,30). The predicted molar refractivity (Wildman–Crippen MR) is 111 cm³/mol. The summed E-state index contributed by atoms with van der Waals surface area (Å²) in [5.74, 6) is 0.653. The van der Waals surface area contributed by atoms with E-state index in [1.807, 2.05) is 12.1 Å². The van der Waals surface area contributed by atoms with Crippen LogP contribution in [-0.4, -0.2) is 89.5 Å². The number of nitrogens with one attached hydrogen (secondary N) is 1. The Labute approximate surface area is 176 Å². The average Bonchev–Trinajstić information content (AvgIpc) is 3.08. The van der Waals surface area contributed by atoms with Gasteiger partial charge in [-0.05, 0) is 23.6 Å². The molecule has 2 unspecified atom stereocenters. The molecular weight excluding hydrogens is 387 g/mol. The van der Waals surface area contributed by atoms with Gasteiger partial charge in [-0.2, -0.15) is 0 Å². The molecule has 1 aromatic rings. The minimum Gasteiger partial charge on any atom is -0.340 e. The number of aliphatic imine (C=N–C) groups is 1. The van der Waals surface area contributed by atoms with Gasteiger partial charge in [0, 0.05) is 46.3 Å². The molecule has 0 saturated carbocycles. The number of piperazine rings is 1. The number of amides is 3. The van der Waals surface area contributed by atoms with Gasteiger partial charge in [0.15, 0.2) is 18.2 Å². The van der Waals surface area contributed by atoms with Crippen molar-refractivity contribution in [1.82, 2.24) is 24.9 Å². The summed E-state index contributed by atoms with van der Waals surface area (Å²) in [7, 11) is 1.68. The summed E-state index contributed by atoms with van der Waals surface area (Å²) in [5.41, 5.74) is 1.09. The van der Waals surface area contributed by atoms with E-state index in [0.29, 0.717) is 12.5 Å². The Morgan fingerprint density at radius 1 is 1.13 bits per heavy atom. The van der Waals surface area contributed by atoms with Crippen LogP contribution in [0.5, 0.6) is 0 Å². The van der Waals surface area contributed by atoms with Crippen LogP contribution in [0.1, 0.15) is 19.4 Å². The highest BCUT2D eigenvalue weighted by Gasteiger charge is 2.49. The number of benzene rings is 1. The molecule has 2 saturated heterocycles. The molecule has 2 fully saturated rings.